The zero-order chi connectivity index (χ0) is 15.1. The van der Waals surface area contributed by atoms with E-state index >= 15 is 0 Å². The van der Waals surface area contributed by atoms with Crippen molar-refractivity contribution in [3.63, 3.8) is 0 Å². The van der Waals surface area contributed by atoms with E-state index in [0.717, 1.165) is 17.7 Å². The Morgan fingerprint density at radius 3 is 2.30 bits per heavy atom. The van der Waals surface area contributed by atoms with Gasteiger partial charge in [-0.25, -0.2) is 4.79 Å². The number of carbonyl (C=O) groups excluding carboxylic acids is 1. The van der Waals surface area contributed by atoms with E-state index in [2.05, 4.69) is 13.2 Å². The van der Waals surface area contributed by atoms with Crippen molar-refractivity contribution >= 4 is 5.97 Å². The molecule has 0 amide bonds. The zero-order valence-electron chi connectivity index (χ0n) is 10.9. The average Bonchev–Trinajstić information content (AvgIpc) is 2.43. The van der Waals surface area contributed by atoms with E-state index < -0.39 is 23.2 Å². The highest BCUT2D eigenvalue weighted by atomic mass is 16.5. The first-order chi connectivity index (χ1) is 9.49. The number of allylic oxidation sites excluding steroid dienone is 3. The van der Waals surface area contributed by atoms with Crippen LogP contribution < -0.4 is 0 Å². The van der Waals surface area contributed by atoms with Gasteiger partial charge >= 0.3 is 5.97 Å². The number of carbonyl (C=O) groups is 1. The molecule has 0 saturated carbocycles. The summed E-state index contributed by atoms with van der Waals surface area (Å²) in [6.07, 6.45) is 5.46. The minimum absolute atomic E-state index is 0.0503. The SMILES string of the molecule is C=C/C=C(\C=C)CCOC(=O)c1cc(O)c(O)c(O)c1. The van der Waals surface area contributed by atoms with E-state index in [9.17, 15) is 20.1 Å². The second-order valence-corrected chi connectivity index (χ2v) is 3.93. The van der Waals surface area contributed by atoms with E-state index in [1.54, 1.807) is 18.2 Å². The summed E-state index contributed by atoms with van der Waals surface area (Å²) in [6, 6.07) is 2.04. The molecule has 1 aromatic carbocycles. The van der Waals surface area contributed by atoms with E-state index in [1.165, 1.54) is 0 Å². The van der Waals surface area contributed by atoms with Gasteiger partial charge in [-0.15, -0.1) is 0 Å². The number of aromatic hydroxyl groups is 3. The highest BCUT2D eigenvalue weighted by molar-refractivity contribution is 5.91. The summed E-state index contributed by atoms with van der Waals surface area (Å²) >= 11 is 0. The number of hydrogen-bond acceptors (Lipinski definition) is 5. The molecule has 0 saturated heterocycles. The van der Waals surface area contributed by atoms with Crippen LogP contribution in [0.1, 0.15) is 16.8 Å². The van der Waals surface area contributed by atoms with Gasteiger partial charge in [-0.1, -0.05) is 31.4 Å². The van der Waals surface area contributed by atoms with E-state index in [-0.39, 0.29) is 12.2 Å². The van der Waals surface area contributed by atoms with Crippen molar-refractivity contribution in [2.24, 2.45) is 0 Å². The lowest BCUT2D eigenvalue weighted by atomic mass is 10.1. The average molecular weight is 276 g/mol. The fourth-order valence-corrected chi connectivity index (χ4v) is 1.47. The summed E-state index contributed by atoms with van der Waals surface area (Å²) in [5, 5.41) is 27.8. The van der Waals surface area contributed by atoms with Crippen molar-refractivity contribution in [3.05, 3.63) is 54.7 Å². The monoisotopic (exact) mass is 276 g/mol. The predicted octanol–water partition coefficient (Wildman–Crippen LogP) is 2.65. The third-order valence-corrected chi connectivity index (χ3v) is 2.52. The first-order valence-electron chi connectivity index (χ1n) is 5.85. The number of phenols is 3. The summed E-state index contributed by atoms with van der Waals surface area (Å²) < 4.78 is 4.99. The highest BCUT2D eigenvalue weighted by Gasteiger charge is 2.14. The maximum Gasteiger partial charge on any atom is 0.338 e. The van der Waals surface area contributed by atoms with Gasteiger partial charge < -0.3 is 20.1 Å². The molecule has 3 N–H and O–H groups in total. The Labute approximate surface area is 116 Å². The molecular formula is C15H16O5. The number of ether oxygens (including phenoxy) is 1. The zero-order valence-corrected chi connectivity index (χ0v) is 10.9. The van der Waals surface area contributed by atoms with Gasteiger partial charge in [0.1, 0.15) is 0 Å². The fraction of sp³-hybridized carbons (Fsp3) is 0.133. The minimum Gasteiger partial charge on any atom is -0.504 e. The minimum atomic E-state index is -0.711. The van der Waals surface area contributed by atoms with Crippen LogP contribution >= 0.6 is 0 Å². The number of hydrogen-bond donors (Lipinski definition) is 3. The summed E-state index contributed by atoms with van der Waals surface area (Å²) in [4.78, 5) is 11.7. The lowest BCUT2D eigenvalue weighted by Crippen LogP contribution is -2.06. The van der Waals surface area contributed by atoms with Gasteiger partial charge in [0.2, 0.25) is 0 Å². The van der Waals surface area contributed by atoms with Crippen LogP contribution in [0.15, 0.2) is 49.1 Å². The summed E-state index contributed by atoms with van der Waals surface area (Å²) in [7, 11) is 0. The lowest BCUT2D eigenvalue weighted by Gasteiger charge is -2.07. The topological polar surface area (TPSA) is 87.0 Å². The van der Waals surface area contributed by atoms with E-state index in [4.69, 9.17) is 4.74 Å². The molecule has 0 aliphatic carbocycles. The van der Waals surface area contributed by atoms with Gasteiger partial charge in [0.05, 0.1) is 12.2 Å². The van der Waals surface area contributed by atoms with Crippen molar-refractivity contribution in [2.45, 2.75) is 6.42 Å². The molecule has 0 atom stereocenters. The molecule has 20 heavy (non-hydrogen) atoms. The first kappa shape index (κ1) is 15.4. The molecule has 0 heterocycles. The van der Waals surface area contributed by atoms with Gasteiger partial charge in [-0.3, -0.25) is 0 Å². The van der Waals surface area contributed by atoms with Gasteiger partial charge in [0.15, 0.2) is 17.2 Å². The van der Waals surface area contributed by atoms with Crippen LogP contribution in [0.3, 0.4) is 0 Å². The Morgan fingerprint density at radius 1 is 1.20 bits per heavy atom. The Hall–Kier alpha value is -2.69. The molecule has 0 radical (unpaired) electrons. The number of benzene rings is 1. The number of esters is 1. The normalized spacial score (nSPS) is 10.9. The van der Waals surface area contributed by atoms with E-state index in [0.29, 0.717) is 6.42 Å². The van der Waals surface area contributed by atoms with Crippen LogP contribution in [-0.4, -0.2) is 27.9 Å². The van der Waals surface area contributed by atoms with Crippen LogP contribution in [0.2, 0.25) is 0 Å². The predicted molar refractivity (Wildman–Crippen MR) is 74.8 cm³/mol. The van der Waals surface area contributed by atoms with Crippen LogP contribution in [0.4, 0.5) is 0 Å². The Bertz CT molecular complexity index is 534. The molecule has 1 aromatic rings. The Morgan fingerprint density at radius 2 is 1.80 bits per heavy atom. The van der Waals surface area contributed by atoms with Crippen molar-refractivity contribution in [1.29, 1.82) is 0 Å². The summed E-state index contributed by atoms with van der Waals surface area (Å²) in [6.45, 7) is 7.29. The first-order valence-corrected chi connectivity index (χ1v) is 5.85. The molecule has 0 aromatic heterocycles. The van der Waals surface area contributed by atoms with Gasteiger partial charge in [0, 0.05) is 6.42 Å². The van der Waals surface area contributed by atoms with Crippen LogP contribution in [0.5, 0.6) is 17.2 Å². The van der Waals surface area contributed by atoms with E-state index in [1.807, 2.05) is 0 Å². The summed E-state index contributed by atoms with van der Waals surface area (Å²) in [5.74, 6) is -2.56. The quantitative estimate of drug-likeness (QED) is 0.422. The molecule has 5 nitrogen and oxygen atoms in total. The maximum absolute atomic E-state index is 11.7. The molecule has 0 spiro atoms. The second kappa shape index (κ2) is 7.04. The van der Waals surface area contributed by atoms with Crippen molar-refractivity contribution < 1.29 is 24.9 Å². The third-order valence-electron chi connectivity index (χ3n) is 2.52. The van der Waals surface area contributed by atoms with Gasteiger partial charge in [-0.05, 0) is 17.7 Å². The van der Waals surface area contributed by atoms with Crippen molar-refractivity contribution in [2.75, 3.05) is 6.61 Å². The van der Waals surface area contributed by atoms with Crippen molar-refractivity contribution in [1.82, 2.24) is 0 Å². The largest absolute Gasteiger partial charge is 0.504 e. The molecular weight excluding hydrogens is 260 g/mol. The van der Waals surface area contributed by atoms with Gasteiger partial charge in [-0.2, -0.15) is 0 Å². The molecule has 0 fully saturated rings. The van der Waals surface area contributed by atoms with Gasteiger partial charge in [0.25, 0.3) is 0 Å². The Balaban J connectivity index is 2.66. The molecule has 106 valence electrons. The molecule has 1 rings (SSSR count). The smallest absolute Gasteiger partial charge is 0.338 e. The molecule has 0 unspecified atom stereocenters. The third kappa shape index (κ3) is 3.91. The van der Waals surface area contributed by atoms with Crippen LogP contribution in [0, 0.1) is 0 Å². The lowest BCUT2D eigenvalue weighted by molar-refractivity contribution is 0.0509. The molecule has 0 aliphatic heterocycles. The van der Waals surface area contributed by atoms with Crippen molar-refractivity contribution in [3.8, 4) is 17.2 Å². The fourth-order valence-electron chi connectivity index (χ4n) is 1.47. The summed E-state index contributed by atoms with van der Waals surface area (Å²) in [5.41, 5.74) is 0.815. The highest BCUT2D eigenvalue weighted by Crippen LogP contribution is 2.35. The second-order valence-electron chi connectivity index (χ2n) is 3.93. The Kier molecular flexibility index (Phi) is 5.41. The van der Waals surface area contributed by atoms with Crippen LogP contribution in [0.25, 0.3) is 0 Å². The molecule has 0 bridgehead atoms. The molecule has 0 aliphatic rings. The van der Waals surface area contributed by atoms with Crippen LogP contribution in [-0.2, 0) is 4.74 Å². The maximum atomic E-state index is 11.7. The standard InChI is InChI=1S/C15H16O5/c1-3-5-10(4-2)6-7-20-15(19)11-8-12(16)14(18)13(17)9-11/h3-5,8-9,16-18H,1-2,6-7H2/b10-5+. The number of phenolic OH excluding ortho intramolecular Hbond substituents is 3. The number of rotatable bonds is 6. The molecule has 5 heteroatoms.